The first-order chi connectivity index (χ1) is 15.5. The molecule has 0 unspecified atom stereocenters. The molecule has 0 saturated heterocycles. The summed E-state index contributed by atoms with van der Waals surface area (Å²) < 4.78 is 23.8. The van der Waals surface area contributed by atoms with Crippen molar-refractivity contribution in [2.24, 2.45) is 0 Å². The highest BCUT2D eigenvalue weighted by atomic mass is 32.1. The average molecular weight is 455 g/mol. The molecule has 0 spiro atoms. The van der Waals surface area contributed by atoms with Crippen LogP contribution in [0, 0.1) is 0 Å². The fraction of sp³-hybridized carbons (Fsp3) is 0.261. The second kappa shape index (κ2) is 8.97. The van der Waals surface area contributed by atoms with Gasteiger partial charge in [-0.3, -0.25) is 14.2 Å². The second-order valence-corrected chi connectivity index (χ2v) is 7.94. The third kappa shape index (κ3) is 3.59. The summed E-state index contributed by atoms with van der Waals surface area (Å²) in [6, 6.07) is 10.6. The zero-order valence-electron chi connectivity index (χ0n) is 18.1. The summed E-state index contributed by atoms with van der Waals surface area (Å²) in [5.74, 6) is 1.67. The molecule has 0 radical (unpaired) electrons. The van der Waals surface area contributed by atoms with E-state index in [1.807, 2.05) is 12.1 Å². The number of rotatable bonds is 7. The topological polar surface area (TPSA) is 88.9 Å². The standard InChI is InChI=1S/C23H22N2O6S/c1-28-10-9-25-21(13-11-15(29-2)20(31-4)16(12-13)30-3)24-22-18(23(25)27)19(26)14-7-5-6-8-17(14)32-22/h5-8,11-12H,9-10H2,1-4H3. The number of hydrogen-bond donors (Lipinski definition) is 0. The summed E-state index contributed by atoms with van der Waals surface area (Å²) in [6.07, 6.45) is 0. The van der Waals surface area contributed by atoms with Crippen LogP contribution < -0.4 is 25.2 Å². The van der Waals surface area contributed by atoms with E-state index in [0.717, 1.165) is 4.70 Å². The van der Waals surface area contributed by atoms with Gasteiger partial charge >= 0.3 is 0 Å². The molecule has 0 saturated carbocycles. The van der Waals surface area contributed by atoms with Crippen LogP contribution in [0.1, 0.15) is 0 Å². The van der Waals surface area contributed by atoms with Crippen molar-refractivity contribution in [1.82, 2.24) is 9.55 Å². The van der Waals surface area contributed by atoms with Gasteiger partial charge in [-0.25, -0.2) is 4.98 Å². The number of benzene rings is 2. The lowest BCUT2D eigenvalue weighted by molar-refractivity contribution is 0.186. The highest BCUT2D eigenvalue weighted by molar-refractivity contribution is 7.24. The molecular formula is C23H22N2O6S. The molecule has 9 heteroatoms. The molecule has 2 aromatic heterocycles. The zero-order chi connectivity index (χ0) is 22.8. The molecule has 4 rings (SSSR count). The molecule has 0 N–H and O–H groups in total. The van der Waals surface area contributed by atoms with Crippen LogP contribution in [-0.4, -0.2) is 44.6 Å². The summed E-state index contributed by atoms with van der Waals surface area (Å²) in [5.41, 5.74) is -0.153. The van der Waals surface area contributed by atoms with Crippen molar-refractivity contribution in [3.8, 4) is 28.6 Å². The maximum atomic E-state index is 13.5. The Morgan fingerprint density at radius 3 is 2.28 bits per heavy atom. The molecule has 0 amide bonds. The maximum absolute atomic E-state index is 13.5. The number of hydrogen-bond acceptors (Lipinski definition) is 8. The molecular weight excluding hydrogens is 432 g/mol. The van der Waals surface area contributed by atoms with E-state index in [2.05, 4.69) is 0 Å². The third-order valence-electron chi connectivity index (χ3n) is 5.14. The molecule has 32 heavy (non-hydrogen) atoms. The Morgan fingerprint density at radius 1 is 0.969 bits per heavy atom. The molecule has 0 aliphatic rings. The summed E-state index contributed by atoms with van der Waals surface area (Å²) in [6.45, 7) is 0.497. The van der Waals surface area contributed by atoms with E-state index in [1.165, 1.54) is 37.2 Å². The second-order valence-electron chi connectivity index (χ2n) is 6.91. The van der Waals surface area contributed by atoms with Gasteiger partial charge in [-0.05, 0) is 24.3 Å². The fourth-order valence-electron chi connectivity index (χ4n) is 3.61. The van der Waals surface area contributed by atoms with Crippen LogP contribution in [0.15, 0.2) is 46.0 Å². The van der Waals surface area contributed by atoms with Gasteiger partial charge in [0.15, 0.2) is 11.5 Å². The van der Waals surface area contributed by atoms with E-state index in [4.69, 9.17) is 23.9 Å². The predicted molar refractivity (Wildman–Crippen MR) is 125 cm³/mol. The van der Waals surface area contributed by atoms with E-state index in [1.54, 1.807) is 31.4 Å². The van der Waals surface area contributed by atoms with Crippen molar-refractivity contribution < 1.29 is 18.9 Å². The van der Waals surface area contributed by atoms with Gasteiger partial charge in [0, 0.05) is 22.8 Å². The van der Waals surface area contributed by atoms with Gasteiger partial charge < -0.3 is 18.9 Å². The molecule has 4 aromatic rings. The van der Waals surface area contributed by atoms with E-state index < -0.39 is 5.56 Å². The van der Waals surface area contributed by atoms with Gasteiger partial charge in [-0.2, -0.15) is 0 Å². The number of ether oxygens (including phenoxy) is 4. The van der Waals surface area contributed by atoms with E-state index in [0.29, 0.717) is 38.9 Å². The highest BCUT2D eigenvalue weighted by Crippen LogP contribution is 2.41. The largest absolute Gasteiger partial charge is 0.493 e. The van der Waals surface area contributed by atoms with Crippen LogP contribution in [0.2, 0.25) is 0 Å². The third-order valence-corrected chi connectivity index (χ3v) is 6.21. The van der Waals surface area contributed by atoms with Crippen molar-refractivity contribution in [2.75, 3.05) is 35.0 Å². The first kappa shape index (κ1) is 21.8. The Bertz CT molecular complexity index is 1400. The average Bonchev–Trinajstić information content (AvgIpc) is 2.82. The lowest BCUT2D eigenvalue weighted by Gasteiger charge is -2.17. The van der Waals surface area contributed by atoms with Crippen molar-refractivity contribution in [3.05, 3.63) is 57.0 Å². The van der Waals surface area contributed by atoms with Crippen molar-refractivity contribution in [3.63, 3.8) is 0 Å². The molecule has 0 aliphatic carbocycles. The Balaban J connectivity index is 2.10. The van der Waals surface area contributed by atoms with Crippen LogP contribution >= 0.6 is 11.3 Å². The normalized spacial score (nSPS) is 11.1. The molecule has 2 heterocycles. The highest BCUT2D eigenvalue weighted by Gasteiger charge is 2.21. The van der Waals surface area contributed by atoms with Gasteiger partial charge in [0.1, 0.15) is 16.0 Å². The quantitative estimate of drug-likeness (QED) is 0.396. The van der Waals surface area contributed by atoms with Crippen LogP contribution in [0.4, 0.5) is 0 Å². The molecule has 2 aromatic carbocycles. The van der Waals surface area contributed by atoms with Gasteiger partial charge in [0.2, 0.25) is 11.2 Å². The van der Waals surface area contributed by atoms with Gasteiger partial charge in [-0.15, -0.1) is 11.3 Å². The lowest BCUT2D eigenvalue weighted by Crippen LogP contribution is -2.28. The minimum atomic E-state index is -0.414. The summed E-state index contributed by atoms with van der Waals surface area (Å²) >= 11 is 1.31. The predicted octanol–water partition coefficient (Wildman–Crippen LogP) is 3.31. The molecule has 0 aliphatic heterocycles. The SMILES string of the molecule is COCCn1c(-c2cc(OC)c(OC)c(OC)c2)nc2sc3ccccc3c(=O)c2c1=O. The zero-order valence-corrected chi connectivity index (χ0v) is 18.9. The molecule has 0 bridgehead atoms. The summed E-state index contributed by atoms with van der Waals surface area (Å²) in [5, 5.41) is 0.573. The molecule has 0 atom stereocenters. The van der Waals surface area contributed by atoms with Crippen LogP contribution in [0.5, 0.6) is 17.2 Å². The lowest BCUT2D eigenvalue weighted by atomic mass is 10.1. The van der Waals surface area contributed by atoms with Crippen LogP contribution in [-0.2, 0) is 11.3 Å². The van der Waals surface area contributed by atoms with Gasteiger partial charge in [0.25, 0.3) is 5.56 Å². The number of fused-ring (bicyclic) bond motifs is 2. The van der Waals surface area contributed by atoms with E-state index >= 15 is 0 Å². The van der Waals surface area contributed by atoms with Crippen molar-refractivity contribution in [1.29, 1.82) is 0 Å². The maximum Gasteiger partial charge on any atom is 0.266 e. The van der Waals surface area contributed by atoms with Crippen LogP contribution in [0.3, 0.4) is 0 Å². The molecule has 0 fully saturated rings. The Kier molecular flexibility index (Phi) is 6.11. The smallest absolute Gasteiger partial charge is 0.266 e. The fourth-order valence-corrected chi connectivity index (χ4v) is 4.65. The monoisotopic (exact) mass is 454 g/mol. The summed E-state index contributed by atoms with van der Waals surface area (Å²) in [4.78, 5) is 31.8. The number of nitrogens with zero attached hydrogens (tertiary/aromatic N) is 2. The van der Waals surface area contributed by atoms with Crippen LogP contribution in [0.25, 0.3) is 31.7 Å². The number of aromatic nitrogens is 2. The first-order valence-electron chi connectivity index (χ1n) is 9.79. The van der Waals surface area contributed by atoms with Gasteiger partial charge in [0.05, 0.1) is 34.5 Å². The van der Waals surface area contributed by atoms with Crippen molar-refractivity contribution in [2.45, 2.75) is 6.54 Å². The van der Waals surface area contributed by atoms with E-state index in [-0.39, 0.29) is 24.0 Å². The summed E-state index contributed by atoms with van der Waals surface area (Å²) in [7, 11) is 6.11. The van der Waals surface area contributed by atoms with Crippen molar-refractivity contribution >= 4 is 31.6 Å². The van der Waals surface area contributed by atoms with E-state index in [9.17, 15) is 9.59 Å². The molecule has 8 nitrogen and oxygen atoms in total. The minimum absolute atomic E-state index is 0.0704. The Labute approximate surface area is 187 Å². The first-order valence-corrected chi connectivity index (χ1v) is 10.6. The minimum Gasteiger partial charge on any atom is -0.493 e. The van der Waals surface area contributed by atoms with Gasteiger partial charge in [-0.1, -0.05) is 12.1 Å². The number of methoxy groups -OCH3 is 4. The molecule has 166 valence electrons. The Morgan fingerprint density at radius 2 is 1.66 bits per heavy atom. The Hall–Kier alpha value is -3.43.